The van der Waals surface area contributed by atoms with Gasteiger partial charge < -0.3 is 4.90 Å². The first kappa shape index (κ1) is 15.5. The molecule has 2 aliphatic heterocycles. The van der Waals surface area contributed by atoms with Crippen LogP contribution in [0.25, 0.3) is 0 Å². The molecule has 116 valence electrons. The SMILES string of the molecule is O=C(C1CCCN1S(=O)(=O)c1ccc(Br)s1)N1CCCC1. The first-order valence-corrected chi connectivity index (χ1v) is 10.1. The number of nitrogens with zero attached hydrogens (tertiary/aromatic N) is 2. The molecule has 1 aromatic rings. The van der Waals surface area contributed by atoms with Crippen molar-refractivity contribution < 1.29 is 13.2 Å². The van der Waals surface area contributed by atoms with Crippen LogP contribution in [0.4, 0.5) is 0 Å². The van der Waals surface area contributed by atoms with Crippen LogP contribution in [0.2, 0.25) is 0 Å². The van der Waals surface area contributed by atoms with Crippen LogP contribution in [0.1, 0.15) is 25.7 Å². The van der Waals surface area contributed by atoms with Gasteiger partial charge >= 0.3 is 0 Å². The molecule has 8 heteroatoms. The molecule has 0 saturated carbocycles. The maximum absolute atomic E-state index is 12.7. The van der Waals surface area contributed by atoms with E-state index in [4.69, 9.17) is 0 Å². The zero-order chi connectivity index (χ0) is 15.0. The van der Waals surface area contributed by atoms with Crippen LogP contribution in [0.5, 0.6) is 0 Å². The van der Waals surface area contributed by atoms with Crippen LogP contribution >= 0.6 is 27.3 Å². The van der Waals surface area contributed by atoms with Crippen molar-refractivity contribution in [2.75, 3.05) is 19.6 Å². The van der Waals surface area contributed by atoms with Crippen molar-refractivity contribution >= 4 is 43.2 Å². The van der Waals surface area contributed by atoms with Gasteiger partial charge in [-0.1, -0.05) is 0 Å². The molecule has 3 heterocycles. The van der Waals surface area contributed by atoms with Gasteiger partial charge in [-0.3, -0.25) is 4.79 Å². The van der Waals surface area contributed by atoms with Gasteiger partial charge in [0.25, 0.3) is 10.0 Å². The highest BCUT2D eigenvalue weighted by Gasteiger charge is 2.41. The third kappa shape index (κ3) is 2.91. The Kier molecular flexibility index (Phi) is 4.40. The molecule has 2 saturated heterocycles. The van der Waals surface area contributed by atoms with Crippen molar-refractivity contribution in [1.82, 2.24) is 9.21 Å². The lowest BCUT2D eigenvalue weighted by molar-refractivity contribution is -0.133. The summed E-state index contributed by atoms with van der Waals surface area (Å²) in [7, 11) is -3.57. The number of carbonyl (C=O) groups excluding carboxylic acids is 1. The second-order valence-electron chi connectivity index (χ2n) is 5.36. The minimum absolute atomic E-state index is 0.0239. The molecule has 0 bridgehead atoms. The van der Waals surface area contributed by atoms with E-state index in [0.717, 1.165) is 36.1 Å². The maximum atomic E-state index is 12.7. The highest BCUT2D eigenvalue weighted by molar-refractivity contribution is 9.11. The van der Waals surface area contributed by atoms with Crippen LogP contribution in [0.15, 0.2) is 20.1 Å². The number of carbonyl (C=O) groups is 1. The van der Waals surface area contributed by atoms with E-state index < -0.39 is 16.1 Å². The molecule has 1 aromatic heterocycles. The van der Waals surface area contributed by atoms with Crippen LogP contribution in [-0.2, 0) is 14.8 Å². The molecule has 1 unspecified atom stereocenters. The Morgan fingerprint density at radius 1 is 1.19 bits per heavy atom. The summed E-state index contributed by atoms with van der Waals surface area (Å²) < 4.78 is 27.9. The molecule has 0 aliphatic carbocycles. The van der Waals surface area contributed by atoms with Crippen LogP contribution in [-0.4, -0.2) is 49.2 Å². The smallest absolute Gasteiger partial charge is 0.253 e. The van der Waals surface area contributed by atoms with Gasteiger partial charge in [0.1, 0.15) is 10.3 Å². The lowest BCUT2D eigenvalue weighted by Gasteiger charge is -2.26. The first-order valence-electron chi connectivity index (χ1n) is 7.06. The van der Waals surface area contributed by atoms with E-state index in [0.29, 0.717) is 17.2 Å². The molecular weight excluding hydrogens is 376 g/mol. The number of amides is 1. The van der Waals surface area contributed by atoms with Crippen molar-refractivity contribution in [3.63, 3.8) is 0 Å². The Morgan fingerprint density at radius 2 is 1.90 bits per heavy atom. The summed E-state index contributed by atoms with van der Waals surface area (Å²) in [5, 5.41) is 0. The molecule has 2 fully saturated rings. The number of likely N-dealkylation sites (tertiary alicyclic amines) is 1. The van der Waals surface area contributed by atoms with E-state index in [1.54, 1.807) is 12.1 Å². The first-order chi connectivity index (χ1) is 10.00. The van der Waals surface area contributed by atoms with E-state index >= 15 is 0 Å². The number of hydrogen-bond donors (Lipinski definition) is 0. The van der Waals surface area contributed by atoms with Gasteiger partial charge in [-0.2, -0.15) is 4.31 Å². The molecule has 3 rings (SSSR count). The van der Waals surface area contributed by atoms with E-state index in [-0.39, 0.29) is 5.91 Å². The van der Waals surface area contributed by atoms with Crippen molar-refractivity contribution in [2.45, 2.75) is 35.9 Å². The van der Waals surface area contributed by atoms with Gasteiger partial charge in [0.05, 0.1) is 3.79 Å². The lowest BCUT2D eigenvalue weighted by Crippen LogP contribution is -2.46. The summed E-state index contributed by atoms with van der Waals surface area (Å²) in [6, 6.07) is 2.80. The Morgan fingerprint density at radius 3 is 2.52 bits per heavy atom. The standard InChI is InChI=1S/C13H17BrN2O3S2/c14-11-5-6-12(20-11)21(18,19)16-9-3-4-10(16)13(17)15-7-1-2-8-15/h5-6,10H,1-4,7-9H2. The zero-order valence-corrected chi connectivity index (χ0v) is 14.7. The van der Waals surface area contributed by atoms with Gasteiger partial charge in [-0.05, 0) is 53.7 Å². The van der Waals surface area contributed by atoms with Crippen molar-refractivity contribution in [3.05, 3.63) is 15.9 Å². The normalized spacial score (nSPS) is 23.9. The Balaban J connectivity index is 1.84. The maximum Gasteiger partial charge on any atom is 0.253 e. The van der Waals surface area contributed by atoms with Crippen LogP contribution < -0.4 is 0 Å². The molecule has 0 spiro atoms. The van der Waals surface area contributed by atoms with Crippen molar-refractivity contribution in [3.8, 4) is 0 Å². The predicted molar refractivity (Wildman–Crippen MR) is 84.7 cm³/mol. The minimum atomic E-state index is -3.57. The van der Waals surface area contributed by atoms with Crippen LogP contribution in [0.3, 0.4) is 0 Å². The summed E-state index contributed by atoms with van der Waals surface area (Å²) in [6.07, 6.45) is 3.41. The van der Waals surface area contributed by atoms with E-state index in [9.17, 15) is 13.2 Å². The second kappa shape index (κ2) is 5.98. The fraction of sp³-hybridized carbons (Fsp3) is 0.615. The Labute approximate surface area is 137 Å². The molecule has 5 nitrogen and oxygen atoms in total. The lowest BCUT2D eigenvalue weighted by atomic mass is 10.2. The molecule has 0 aromatic carbocycles. The number of thiophene rings is 1. The third-order valence-electron chi connectivity index (χ3n) is 4.02. The quantitative estimate of drug-likeness (QED) is 0.792. The summed E-state index contributed by atoms with van der Waals surface area (Å²) >= 11 is 4.48. The highest BCUT2D eigenvalue weighted by atomic mass is 79.9. The number of halogens is 1. The van der Waals surface area contributed by atoms with Gasteiger partial charge in [0.2, 0.25) is 5.91 Å². The average Bonchev–Trinajstić information content (AvgIpc) is 3.19. The summed E-state index contributed by atoms with van der Waals surface area (Å²) in [5.41, 5.74) is 0. The zero-order valence-electron chi connectivity index (χ0n) is 11.5. The molecule has 1 atom stereocenters. The molecular formula is C13H17BrN2O3S2. The van der Waals surface area contributed by atoms with Gasteiger partial charge in [0, 0.05) is 19.6 Å². The topological polar surface area (TPSA) is 57.7 Å². The van der Waals surface area contributed by atoms with Gasteiger partial charge in [-0.25, -0.2) is 8.42 Å². The summed E-state index contributed by atoms with van der Waals surface area (Å²) in [5.74, 6) is -0.0239. The van der Waals surface area contributed by atoms with Crippen molar-refractivity contribution in [1.29, 1.82) is 0 Å². The molecule has 1 amide bonds. The average molecular weight is 393 g/mol. The monoisotopic (exact) mass is 392 g/mol. The number of rotatable bonds is 3. The molecule has 0 N–H and O–H groups in total. The number of sulfonamides is 1. The number of hydrogen-bond acceptors (Lipinski definition) is 4. The molecule has 2 aliphatic rings. The fourth-order valence-electron chi connectivity index (χ4n) is 2.97. The second-order valence-corrected chi connectivity index (χ2v) is 9.95. The van der Waals surface area contributed by atoms with E-state index in [1.165, 1.54) is 15.6 Å². The highest BCUT2D eigenvalue weighted by Crippen LogP contribution is 2.33. The molecule has 21 heavy (non-hydrogen) atoms. The van der Waals surface area contributed by atoms with E-state index in [2.05, 4.69) is 15.9 Å². The molecule has 0 radical (unpaired) electrons. The predicted octanol–water partition coefficient (Wildman–Crippen LogP) is 2.29. The summed E-state index contributed by atoms with van der Waals surface area (Å²) in [6.45, 7) is 1.95. The van der Waals surface area contributed by atoms with E-state index in [1.807, 2.05) is 4.90 Å². The van der Waals surface area contributed by atoms with Gasteiger partial charge in [-0.15, -0.1) is 11.3 Å². The van der Waals surface area contributed by atoms with Crippen molar-refractivity contribution in [2.24, 2.45) is 0 Å². The Hall–Kier alpha value is -0.440. The summed E-state index contributed by atoms with van der Waals surface area (Å²) in [4.78, 5) is 14.4. The minimum Gasteiger partial charge on any atom is -0.341 e. The fourth-order valence-corrected chi connectivity index (χ4v) is 6.76. The largest absolute Gasteiger partial charge is 0.341 e. The van der Waals surface area contributed by atoms with Gasteiger partial charge in [0.15, 0.2) is 0 Å². The third-order valence-corrected chi connectivity index (χ3v) is 8.02. The Bertz CT molecular complexity index is 638. The van der Waals surface area contributed by atoms with Crippen LogP contribution in [0, 0.1) is 0 Å².